The van der Waals surface area contributed by atoms with Crippen molar-refractivity contribution >= 4 is 40.2 Å². The fourth-order valence-electron chi connectivity index (χ4n) is 2.61. The number of nitro benzene ring substituents is 1. The molecule has 0 radical (unpaired) electrons. The number of ether oxygens (including phenoxy) is 3. The van der Waals surface area contributed by atoms with Gasteiger partial charge in [0.25, 0.3) is 5.69 Å². The Morgan fingerprint density at radius 2 is 1.77 bits per heavy atom. The van der Waals surface area contributed by atoms with E-state index in [2.05, 4.69) is 33.1 Å². The van der Waals surface area contributed by atoms with E-state index in [9.17, 15) is 10.1 Å². The van der Waals surface area contributed by atoms with Crippen LogP contribution in [0.3, 0.4) is 0 Å². The normalized spacial score (nSPS) is 10.6. The molecule has 0 unspecified atom stereocenters. The molecule has 0 fully saturated rings. The van der Waals surface area contributed by atoms with Crippen molar-refractivity contribution in [2.45, 2.75) is 0 Å². The van der Waals surface area contributed by atoms with Gasteiger partial charge < -0.3 is 14.2 Å². The number of methoxy groups -OCH3 is 1. The highest BCUT2D eigenvalue weighted by molar-refractivity contribution is 14.1. The van der Waals surface area contributed by atoms with Gasteiger partial charge in [0.1, 0.15) is 19.0 Å². The number of para-hydroxylation sites is 1. The Balaban J connectivity index is 1.58. The molecule has 0 heterocycles. The van der Waals surface area contributed by atoms with Crippen LogP contribution in [0.15, 0.2) is 71.8 Å². The number of rotatable bonds is 10. The fourth-order valence-corrected chi connectivity index (χ4v) is 3.39. The summed E-state index contributed by atoms with van der Waals surface area (Å²) in [6.07, 6.45) is 1.63. The van der Waals surface area contributed by atoms with Crippen molar-refractivity contribution in [2.24, 2.45) is 5.10 Å². The Hall–Kier alpha value is -3.34. The van der Waals surface area contributed by atoms with Crippen molar-refractivity contribution in [1.29, 1.82) is 0 Å². The molecule has 0 aliphatic carbocycles. The van der Waals surface area contributed by atoms with Gasteiger partial charge in [-0.3, -0.25) is 15.5 Å². The van der Waals surface area contributed by atoms with Crippen LogP contribution in [0.5, 0.6) is 17.2 Å². The van der Waals surface area contributed by atoms with Crippen LogP contribution in [0.2, 0.25) is 0 Å². The molecule has 0 saturated carbocycles. The van der Waals surface area contributed by atoms with Gasteiger partial charge in [-0.2, -0.15) is 5.10 Å². The molecule has 8 nitrogen and oxygen atoms in total. The van der Waals surface area contributed by atoms with E-state index in [1.807, 2.05) is 42.5 Å². The molecule has 9 heteroatoms. The first-order valence-electron chi connectivity index (χ1n) is 9.28. The molecule has 3 aromatic rings. The van der Waals surface area contributed by atoms with E-state index in [-0.39, 0.29) is 5.69 Å². The number of non-ortho nitro benzene ring substituents is 1. The predicted molar refractivity (Wildman–Crippen MR) is 127 cm³/mol. The minimum atomic E-state index is -0.446. The highest BCUT2D eigenvalue weighted by atomic mass is 127. The number of hydrogen-bond donors (Lipinski definition) is 1. The number of anilines is 1. The lowest BCUT2D eigenvalue weighted by molar-refractivity contribution is -0.384. The first kappa shape index (κ1) is 22.3. The van der Waals surface area contributed by atoms with E-state index in [4.69, 9.17) is 14.2 Å². The quantitative estimate of drug-likeness (QED) is 0.128. The summed E-state index contributed by atoms with van der Waals surface area (Å²) in [6.45, 7) is 0.780. The maximum absolute atomic E-state index is 10.7. The number of hydrazone groups is 1. The molecule has 3 aromatic carbocycles. The van der Waals surface area contributed by atoms with Crippen LogP contribution < -0.4 is 19.6 Å². The van der Waals surface area contributed by atoms with Gasteiger partial charge >= 0.3 is 0 Å². The molecule has 0 aromatic heterocycles. The molecular weight excluding hydrogens is 513 g/mol. The SMILES string of the molecule is COc1cc(/C=N\Nc2ccc([N+](=O)[O-])cc2)cc(I)c1OCCOc1ccccc1. The van der Waals surface area contributed by atoms with E-state index >= 15 is 0 Å². The van der Waals surface area contributed by atoms with Crippen molar-refractivity contribution in [2.75, 3.05) is 25.7 Å². The lowest BCUT2D eigenvalue weighted by atomic mass is 10.2. The molecule has 0 saturated heterocycles. The zero-order chi connectivity index (χ0) is 22.1. The van der Waals surface area contributed by atoms with Crippen LogP contribution in [0, 0.1) is 13.7 Å². The summed E-state index contributed by atoms with van der Waals surface area (Å²) in [5.74, 6) is 2.02. The number of benzene rings is 3. The van der Waals surface area contributed by atoms with Crippen molar-refractivity contribution in [1.82, 2.24) is 0 Å². The average molecular weight is 533 g/mol. The second-order valence-corrected chi connectivity index (χ2v) is 7.38. The van der Waals surface area contributed by atoms with Crippen molar-refractivity contribution in [3.8, 4) is 17.2 Å². The molecule has 31 heavy (non-hydrogen) atoms. The van der Waals surface area contributed by atoms with Gasteiger partial charge in [-0.1, -0.05) is 18.2 Å². The molecule has 0 bridgehead atoms. The summed E-state index contributed by atoms with van der Waals surface area (Å²) in [5.41, 5.74) is 4.32. The molecule has 0 atom stereocenters. The summed E-state index contributed by atoms with van der Waals surface area (Å²) in [5, 5.41) is 14.9. The lowest BCUT2D eigenvalue weighted by Gasteiger charge is -2.14. The van der Waals surface area contributed by atoms with Crippen molar-refractivity contribution < 1.29 is 19.1 Å². The van der Waals surface area contributed by atoms with E-state index in [0.29, 0.717) is 30.4 Å². The van der Waals surface area contributed by atoms with Crippen LogP contribution in [0.1, 0.15) is 5.56 Å². The zero-order valence-corrected chi connectivity index (χ0v) is 18.8. The first-order chi connectivity index (χ1) is 15.1. The topological polar surface area (TPSA) is 95.2 Å². The maximum atomic E-state index is 10.7. The van der Waals surface area contributed by atoms with E-state index in [1.54, 1.807) is 25.5 Å². The summed E-state index contributed by atoms with van der Waals surface area (Å²) in [7, 11) is 1.58. The van der Waals surface area contributed by atoms with Gasteiger partial charge in [0.2, 0.25) is 0 Å². The fraction of sp³-hybridized carbons (Fsp3) is 0.136. The lowest BCUT2D eigenvalue weighted by Crippen LogP contribution is -2.10. The first-order valence-corrected chi connectivity index (χ1v) is 10.4. The molecule has 0 amide bonds. The molecular formula is C22H20IN3O5. The zero-order valence-electron chi connectivity index (χ0n) is 16.7. The second kappa shape index (κ2) is 11.2. The molecule has 3 rings (SSSR count). The van der Waals surface area contributed by atoms with E-state index < -0.39 is 4.92 Å². The largest absolute Gasteiger partial charge is 0.493 e. The predicted octanol–water partition coefficient (Wildman–Crippen LogP) is 5.11. The second-order valence-electron chi connectivity index (χ2n) is 6.22. The number of nitrogens with one attached hydrogen (secondary N) is 1. The highest BCUT2D eigenvalue weighted by Gasteiger charge is 2.11. The van der Waals surface area contributed by atoms with Gasteiger partial charge in [0.05, 0.1) is 27.5 Å². The Morgan fingerprint density at radius 3 is 2.45 bits per heavy atom. The Bertz CT molecular complexity index is 1040. The van der Waals surface area contributed by atoms with Crippen molar-refractivity contribution in [3.63, 3.8) is 0 Å². The number of nitro groups is 1. The van der Waals surface area contributed by atoms with Gasteiger partial charge in [-0.05, 0) is 64.6 Å². The average Bonchev–Trinajstić information content (AvgIpc) is 2.78. The summed E-state index contributed by atoms with van der Waals surface area (Å²) in [4.78, 5) is 10.3. The summed E-state index contributed by atoms with van der Waals surface area (Å²) < 4.78 is 17.8. The van der Waals surface area contributed by atoms with Crippen LogP contribution in [0.25, 0.3) is 0 Å². The maximum Gasteiger partial charge on any atom is 0.269 e. The molecule has 0 spiro atoms. The van der Waals surface area contributed by atoms with E-state index in [1.165, 1.54) is 12.1 Å². The number of nitrogens with zero attached hydrogens (tertiary/aromatic N) is 2. The minimum absolute atomic E-state index is 0.0265. The standard InChI is InChI=1S/C22H20IN3O5/c1-29-21-14-16(15-24-25-17-7-9-18(10-8-17)26(27)28)13-20(23)22(21)31-12-11-30-19-5-3-2-4-6-19/h2-10,13-15,25H,11-12H2,1H3/b24-15-. The van der Waals surface area contributed by atoms with Crippen LogP contribution in [-0.2, 0) is 0 Å². The molecule has 1 N–H and O–H groups in total. The minimum Gasteiger partial charge on any atom is -0.493 e. The van der Waals surface area contributed by atoms with Gasteiger partial charge in [0, 0.05) is 12.1 Å². The monoisotopic (exact) mass is 533 g/mol. The molecule has 0 aliphatic rings. The van der Waals surface area contributed by atoms with Crippen LogP contribution in [-0.4, -0.2) is 31.5 Å². The smallest absolute Gasteiger partial charge is 0.269 e. The number of hydrogen-bond acceptors (Lipinski definition) is 7. The number of halogens is 1. The Labute approximate surface area is 193 Å². The van der Waals surface area contributed by atoms with Gasteiger partial charge in [-0.25, -0.2) is 0 Å². The molecule has 160 valence electrons. The van der Waals surface area contributed by atoms with Crippen LogP contribution in [0.4, 0.5) is 11.4 Å². The summed E-state index contributed by atoms with van der Waals surface area (Å²) in [6, 6.07) is 19.3. The van der Waals surface area contributed by atoms with Crippen molar-refractivity contribution in [3.05, 3.63) is 86.0 Å². The highest BCUT2D eigenvalue weighted by Crippen LogP contribution is 2.33. The third-order valence-electron chi connectivity index (χ3n) is 4.08. The summed E-state index contributed by atoms with van der Waals surface area (Å²) >= 11 is 2.18. The Morgan fingerprint density at radius 1 is 1.06 bits per heavy atom. The van der Waals surface area contributed by atoms with Gasteiger partial charge in [0.15, 0.2) is 11.5 Å². The van der Waals surface area contributed by atoms with Crippen LogP contribution >= 0.6 is 22.6 Å². The third-order valence-corrected chi connectivity index (χ3v) is 4.88. The van der Waals surface area contributed by atoms with Gasteiger partial charge in [-0.15, -0.1) is 0 Å². The van der Waals surface area contributed by atoms with E-state index in [0.717, 1.165) is 14.9 Å². The third kappa shape index (κ3) is 6.57. The Kier molecular flexibility index (Phi) is 8.05. The molecule has 0 aliphatic heterocycles.